The van der Waals surface area contributed by atoms with Crippen molar-refractivity contribution in [1.29, 1.82) is 0 Å². The summed E-state index contributed by atoms with van der Waals surface area (Å²) in [5.74, 6) is -2.57. The maximum absolute atomic E-state index is 11.5. The van der Waals surface area contributed by atoms with Crippen LogP contribution in [0, 0.1) is 0 Å². The van der Waals surface area contributed by atoms with Gasteiger partial charge in [-0.15, -0.1) is 0 Å². The van der Waals surface area contributed by atoms with Crippen LogP contribution in [-0.4, -0.2) is 49.4 Å². The van der Waals surface area contributed by atoms with Crippen molar-refractivity contribution in [1.82, 2.24) is 10.7 Å². The van der Waals surface area contributed by atoms with Gasteiger partial charge in [-0.05, 0) is 24.1 Å². The van der Waals surface area contributed by atoms with Gasteiger partial charge in [0.25, 0.3) is 0 Å². The Labute approximate surface area is 148 Å². The minimum Gasteiger partial charge on any atom is -0.493 e. The van der Waals surface area contributed by atoms with Crippen molar-refractivity contribution >= 4 is 35.6 Å². The molecule has 3 N–H and O–H groups in total. The van der Waals surface area contributed by atoms with Crippen molar-refractivity contribution in [2.45, 2.75) is 13.3 Å². The largest absolute Gasteiger partial charge is 0.493 e. The van der Waals surface area contributed by atoms with E-state index in [4.69, 9.17) is 26.2 Å². The lowest BCUT2D eigenvalue weighted by molar-refractivity contribution is -0.139. The molecule has 0 unspecified atom stereocenters. The van der Waals surface area contributed by atoms with Gasteiger partial charge in [-0.25, -0.2) is 10.2 Å². The average Bonchev–Trinajstić information content (AvgIpc) is 2.57. The van der Waals surface area contributed by atoms with Gasteiger partial charge in [0.15, 0.2) is 18.1 Å². The number of hydrazone groups is 1. The minimum absolute atomic E-state index is 0.0756. The lowest BCUT2D eigenvalue weighted by atomic mass is 10.2. The fraction of sp³-hybridized carbons (Fsp3) is 0.333. The number of rotatable bonds is 8. The number of carboxylic acids is 1. The standard InChI is InChI=1S/C15H18ClN3O6/c1-3-4-17-14(22)15(23)19-18-7-9-5-10(16)13(11(6-9)24-2)25-8-12(20)21/h5-7H,3-4,8H2,1-2H3,(H,17,22)(H,19,23)(H,20,21)/b18-7-. The fourth-order valence-electron chi connectivity index (χ4n) is 1.62. The number of hydrogen-bond acceptors (Lipinski definition) is 6. The minimum atomic E-state index is -1.16. The molecule has 1 aromatic rings. The molecule has 0 radical (unpaired) electrons. The average molecular weight is 372 g/mol. The van der Waals surface area contributed by atoms with Crippen LogP contribution in [0.3, 0.4) is 0 Å². The van der Waals surface area contributed by atoms with Crippen molar-refractivity contribution < 1.29 is 29.0 Å². The van der Waals surface area contributed by atoms with Crippen LogP contribution in [0.1, 0.15) is 18.9 Å². The predicted molar refractivity (Wildman–Crippen MR) is 90.2 cm³/mol. The van der Waals surface area contributed by atoms with Gasteiger partial charge >= 0.3 is 17.8 Å². The van der Waals surface area contributed by atoms with Gasteiger partial charge in [-0.2, -0.15) is 5.10 Å². The first-order valence-corrected chi connectivity index (χ1v) is 7.60. The molecule has 0 aromatic heterocycles. The molecule has 0 fully saturated rings. The molecule has 0 spiro atoms. The van der Waals surface area contributed by atoms with Gasteiger partial charge in [-0.3, -0.25) is 9.59 Å². The zero-order valence-corrected chi connectivity index (χ0v) is 14.4. The van der Waals surface area contributed by atoms with Gasteiger partial charge in [0, 0.05) is 6.54 Å². The zero-order chi connectivity index (χ0) is 18.8. The van der Waals surface area contributed by atoms with Crippen LogP contribution in [0.4, 0.5) is 0 Å². The van der Waals surface area contributed by atoms with E-state index in [9.17, 15) is 14.4 Å². The number of methoxy groups -OCH3 is 1. The predicted octanol–water partition coefficient (Wildman–Crippen LogP) is 0.788. The summed E-state index contributed by atoms with van der Waals surface area (Å²) >= 11 is 6.03. The van der Waals surface area contributed by atoms with E-state index in [0.29, 0.717) is 18.5 Å². The summed E-state index contributed by atoms with van der Waals surface area (Å²) in [4.78, 5) is 33.4. The second-order valence-corrected chi connectivity index (χ2v) is 5.08. The topological polar surface area (TPSA) is 126 Å². The Morgan fingerprint density at radius 2 is 2.04 bits per heavy atom. The first-order valence-electron chi connectivity index (χ1n) is 7.22. The molecular weight excluding hydrogens is 354 g/mol. The number of halogens is 1. The lowest BCUT2D eigenvalue weighted by Gasteiger charge is -2.11. The van der Waals surface area contributed by atoms with Gasteiger partial charge in [-0.1, -0.05) is 18.5 Å². The van der Waals surface area contributed by atoms with E-state index in [1.807, 2.05) is 6.92 Å². The van der Waals surface area contributed by atoms with Crippen molar-refractivity contribution in [3.8, 4) is 11.5 Å². The molecule has 136 valence electrons. The van der Waals surface area contributed by atoms with Crippen molar-refractivity contribution in [3.05, 3.63) is 22.7 Å². The van der Waals surface area contributed by atoms with Gasteiger partial charge < -0.3 is 19.9 Å². The molecule has 0 saturated carbocycles. The Morgan fingerprint density at radius 1 is 1.32 bits per heavy atom. The highest BCUT2D eigenvalue weighted by Crippen LogP contribution is 2.35. The Morgan fingerprint density at radius 3 is 2.64 bits per heavy atom. The summed E-state index contributed by atoms with van der Waals surface area (Å²) in [6.07, 6.45) is 1.96. The van der Waals surface area contributed by atoms with E-state index in [1.54, 1.807) is 0 Å². The van der Waals surface area contributed by atoms with E-state index >= 15 is 0 Å². The maximum Gasteiger partial charge on any atom is 0.341 e. The molecule has 0 saturated heterocycles. The molecule has 1 aromatic carbocycles. The van der Waals surface area contributed by atoms with Crippen LogP contribution in [0.15, 0.2) is 17.2 Å². The van der Waals surface area contributed by atoms with Crippen LogP contribution in [0.5, 0.6) is 11.5 Å². The highest BCUT2D eigenvalue weighted by atomic mass is 35.5. The second-order valence-electron chi connectivity index (χ2n) is 4.67. The number of amides is 2. The summed E-state index contributed by atoms with van der Waals surface area (Å²) in [7, 11) is 1.36. The van der Waals surface area contributed by atoms with E-state index in [-0.39, 0.29) is 16.5 Å². The number of ether oxygens (including phenoxy) is 2. The van der Waals surface area contributed by atoms with E-state index in [0.717, 1.165) is 0 Å². The van der Waals surface area contributed by atoms with Crippen LogP contribution in [-0.2, 0) is 14.4 Å². The molecule has 10 heteroatoms. The SMILES string of the molecule is CCCNC(=O)C(=O)N/N=C\c1cc(Cl)c(OCC(=O)O)c(OC)c1. The summed E-state index contributed by atoms with van der Waals surface area (Å²) in [5.41, 5.74) is 2.52. The molecule has 0 aliphatic rings. The maximum atomic E-state index is 11.5. The summed E-state index contributed by atoms with van der Waals surface area (Å²) < 4.78 is 10.2. The third-order valence-corrected chi connectivity index (χ3v) is 2.99. The quantitative estimate of drug-likeness (QED) is 0.352. The Kier molecular flexibility index (Phi) is 8.21. The smallest absolute Gasteiger partial charge is 0.341 e. The number of benzene rings is 1. The molecule has 0 atom stereocenters. The molecule has 0 aliphatic carbocycles. The number of nitrogens with zero attached hydrogens (tertiary/aromatic N) is 1. The van der Waals surface area contributed by atoms with Gasteiger partial charge in [0.2, 0.25) is 0 Å². The normalized spacial score (nSPS) is 10.4. The van der Waals surface area contributed by atoms with Gasteiger partial charge in [0.05, 0.1) is 18.3 Å². The van der Waals surface area contributed by atoms with E-state index in [2.05, 4.69) is 15.8 Å². The first-order chi connectivity index (χ1) is 11.9. The van der Waals surface area contributed by atoms with Gasteiger partial charge in [0.1, 0.15) is 0 Å². The highest BCUT2D eigenvalue weighted by Gasteiger charge is 2.14. The van der Waals surface area contributed by atoms with Crippen molar-refractivity contribution in [3.63, 3.8) is 0 Å². The Hall–Kier alpha value is -2.81. The lowest BCUT2D eigenvalue weighted by Crippen LogP contribution is -2.38. The molecule has 1 rings (SSSR count). The second kappa shape index (κ2) is 10.1. The number of carboxylic acid groups (broad SMARTS) is 1. The van der Waals surface area contributed by atoms with Crippen LogP contribution in [0.2, 0.25) is 5.02 Å². The van der Waals surface area contributed by atoms with Crippen LogP contribution < -0.4 is 20.2 Å². The number of carbonyl (C=O) groups excluding carboxylic acids is 2. The van der Waals surface area contributed by atoms with E-state index in [1.165, 1.54) is 25.5 Å². The molecule has 0 bridgehead atoms. The van der Waals surface area contributed by atoms with Crippen molar-refractivity contribution in [2.75, 3.05) is 20.3 Å². The van der Waals surface area contributed by atoms with Crippen LogP contribution in [0.25, 0.3) is 0 Å². The zero-order valence-electron chi connectivity index (χ0n) is 13.7. The Bertz CT molecular complexity index is 677. The first kappa shape index (κ1) is 20.2. The summed E-state index contributed by atoms with van der Waals surface area (Å²) in [5, 5.41) is 14.8. The third-order valence-electron chi connectivity index (χ3n) is 2.71. The number of aliphatic carboxylic acids is 1. The molecular formula is C15H18ClN3O6. The molecule has 0 heterocycles. The van der Waals surface area contributed by atoms with Crippen LogP contribution >= 0.6 is 11.6 Å². The fourth-order valence-corrected chi connectivity index (χ4v) is 1.90. The number of carbonyl (C=O) groups is 3. The number of nitrogens with one attached hydrogen (secondary N) is 2. The van der Waals surface area contributed by atoms with Crippen molar-refractivity contribution in [2.24, 2.45) is 5.10 Å². The number of hydrogen-bond donors (Lipinski definition) is 3. The molecule has 25 heavy (non-hydrogen) atoms. The van der Waals surface area contributed by atoms with E-state index < -0.39 is 24.4 Å². The summed E-state index contributed by atoms with van der Waals surface area (Å²) in [6.45, 7) is 1.67. The monoisotopic (exact) mass is 371 g/mol. The third kappa shape index (κ3) is 6.68. The molecule has 0 aliphatic heterocycles. The molecule has 9 nitrogen and oxygen atoms in total. The highest BCUT2D eigenvalue weighted by molar-refractivity contribution is 6.35. The summed E-state index contributed by atoms with van der Waals surface area (Å²) in [6, 6.07) is 2.92. The Balaban J connectivity index is 2.79. The molecule has 2 amide bonds.